The van der Waals surface area contributed by atoms with Gasteiger partial charge in [-0.15, -0.1) is 11.8 Å². The van der Waals surface area contributed by atoms with Crippen LogP contribution in [0.3, 0.4) is 0 Å². The molecule has 5 heteroatoms. The van der Waals surface area contributed by atoms with Gasteiger partial charge in [-0.25, -0.2) is 4.79 Å². The number of carbonyl (C=O) groups is 2. The van der Waals surface area contributed by atoms with E-state index in [9.17, 15) is 9.59 Å². The highest BCUT2D eigenvalue weighted by molar-refractivity contribution is 8.00. The van der Waals surface area contributed by atoms with Crippen LogP contribution < -0.4 is 0 Å². The lowest BCUT2D eigenvalue weighted by atomic mass is 10.1. The van der Waals surface area contributed by atoms with Crippen molar-refractivity contribution in [1.29, 1.82) is 0 Å². The van der Waals surface area contributed by atoms with Gasteiger partial charge in [0.1, 0.15) is 5.25 Å². The van der Waals surface area contributed by atoms with Gasteiger partial charge >= 0.3 is 11.9 Å². The Kier molecular flexibility index (Phi) is 4.57. The summed E-state index contributed by atoms with van der Waals surface area (Å²) in [4.78, 5) is 23.0. The number of esters is 1. The molecule has 0 saturated carbocycles. The molecule has 1 rings (SSSR count). The number of thioether (sulfide) groups is 1. The number of hydrogen-bond acceptors (Lipinski definition) is 4. The Bertz CT molecular complexity index is 442. The van der Waals surface area contributed by atoms with E-state index in [-0.39, 0.29) is 0 Å². The number of methoxy groups -OCH3 is 1. The lowest BCUT2D eigenvalue weighted by Gasteiger charge is -2.11. The van der Waals surface area contributed by atoms with Crippen LogP contribution in [-0.2, 0) is 9.53 Å². The Morgan fingerprint density at radius 2 is 2.06 bits per heavy atom. The van der Waals surface area contributed by atoms with Gasteiger partial charge in [0.05, 0.1) is 12.7 Å². The Labute approximate surface area is 104 Å². The van der Waals surface area contributed by atoms with Gasteiger partial charge in [-0.05, 0) is 31.5 Å². The lowest BCUT2D eigenvalue weighted by molar-refractivity contribution is -0.136. The summed E-state index contributed by atoms with van der Waals surface area (Å²) in [6.45, 7) is 3.39. The summed E-state index contributed by atoms with van der Waals surface area (Å²) in [6, 6.07) is 5.18. The SMILES string of the molecule is COC(=O)c1cccc(SC(C)C(=O)O)c1C. The van der Waals surface area contributed by atoms with Crippen LogP contribution in [0.25, 0.3) is 0 Å². The Balaban J connectivity index is 3.02. The molecule has 0 bridgehead atoms. The van der Waals surface area contributed by atoms with Crippen molar-refractivity contribution >= 4 is 23.7 Å². The summed E-state index contributed by atoms with van der Waals surface area (Å²) in [5, 5.41) is 8.29. The van der Waals surface area contributed by atoms with Gasteiger partial charge in [-0.2, -0.15) is 0 Å². The van der Waals surface area contributed by atoms with Gasteiger partial charge < -0.3 is 9.84 Å². The molecular formula is C12H14O4S. The highest BCUT2D eigenvalue weighted by Crippen LogP contribution is 2.28. The zero-order valence-corrected chi connectivity index (χ0v) is 10.7. The van der Waals surface area contributed by atoms with Crippen molar-refractivity contribution in [2.24, 2.45) is 0 Å². The lowest BCUT2D eigenvalue weighted by Crippen LogP contribution is -2.12. The zero-order chi connectivity index (χ0) is 13.0. The van der Waals surface area contributed by atoms with E-state index in [0.29, 0.717) is 5.56 Å². The maximum absolute atomic E-state index is 11.5. The fourth-order valence-corrected chi connectivity index (χ4v) is 2.24. The second-order valence-electron chi connectivity index (χ2n) is 3.52. The zero-order valence-electron chi connectivity index (χ0n) is 9.89. The van der Waals surface area contributed by atoms with Gasteiger partial charge in [-0.1, -0.05) is 6.07 Å². The minimum atomic E-state index is -0.877. The van der Waals surface area contributed by atoms with E-state index in [1.54, 1.807) is 32.0 Å². The molecule has 0 heterocycles. The largest absolute Gasteiger partial charge is 0.480 e. The smallest absolute Gasteiger partial charge is 0.338 e. The molecule has 0 saturated heterocycles. The number of aliphatic carboxylic acids is 1. The van der Waals surface area contributed by atoms with Crippen molar-refractivity contribution in [2.45, 2.75) is 24.0 Å². The first kappa shape index (κ1) is 13.6. The number of benzene rings is 1. The van der Waals surface area contributed by atoms with E-state index >= 15 is 0 Å². The minimum Gasteiger partial charge on any atom is -0.480 e. The van der Waals surface area contributed by atoms with E-state index in [1.165, 1.54) is 18.9 Å². The number of carboxylic acid groups (broad SMARTS) is 1. The molecule has 4 nitrogen and oxygen atoms in total. The molecule has 0 spiro atoms. The highest BCUT2D eigenvalue weighted by Gasteiger charge is 2.17. The fourth-order valence-electron chi connectivity index (χ4n) is 1.31. The first-order chi connectivity index (χ1) is 7.97. The summed E-state index contributed by atoms with van der Waals surface area (Å²) in [7, 11) is 1.32. The molecule has 0 fully saturated rings. The number of hydrogen-bond donors (Lipinski definition) is 1. The highest BCUT2D eigenvalue weighted by atomic mass is 32.2. The van der Waals surface area contributed by atoms with Crippen LogP contribution in [0.15, 0.2) is 23.1 Å². The molecule has 17 heavy (non-hydrogen) atoms. The van der Waals surface area contributed by atoms with Crippen molar-refractivity contribution in [3.8, 4) is 0 Å². The van der Waals surface area contributed by atoms with Gasteiger partial charge in [-0.3, -0.25) is 4.79 Å². The Hall–Kier alpha value is -1.49. The summed E-state index contributed by atoms with van der Waals surface area (Å²) in [5.41, 5.74) is 1.22. The molecule has 1 unspecified atom stereocenters. The van der Waals surface area contributed by atoms with Crippen molar-refractivity contribution in [3.05, 3.63) is 29.3 Å². The van der Waals surface area contributed by atoms with Crippen LogP contribution >= 0.6 is 11.8 Å². The van der Waals surface area contributed by atoms with Crippen LogP contribution in [-0.4, -0.2) is 29.4 Å². The first-order valence-corrected chi connectivity index (χ1v) is 5.92. The number of carboxylic acids is 1. The van der Waals surface area contributed by atoms with Crippen LogP contribution in [0.5, 0.6) is 0 Å². The molecular weight excluding hydrogens is 240 g/mol. The van der Waals surface area contributed by atoms with Gasteiger partial charge in [0.15, 0.2) is 0 Å². The molecule has 0 aliphatic carbocycles. The van der Waals surface area contributed by atoms with Crippen LogP contribution in [0.1, 0.15) is 22.8 Å². The summed E-state index contributed by atoms with van der Waals surface area (Å²) < 4.78 is 4.66. The number of ether oxygens (including phenoxy) is 1. The molecule has 1 N–H and O–H groups in total. The van der Waals surface area contributed by atoms with E-state index in [4.69, 9.17) is 5.11 Å². The van der Waals surface area contributed by atoms with Crippen molar-refractivity contribution in [1.82, 2.24) is 0 Å². The van der Waals surface area contributed by atoms with E-state index in [0.717, 1.165) is 10.5 Å². The topological polar surface area (TPSA) is 63.6 Å². The first-order valence-electron chi connectivity index (χ1n) is 5.04. The third kappa shape index (κ3) is 3.23. The maximum Gasteiger partial charge on any atom is 0.338 e. The molecule has 0 radical (unpaired) electrons. The van der Waals surface area contributed by atoms with E-state index in [2.05, 4.69) is 4.74 Å². The normalized spacial score (nSPS) is 11.9. The van der Waals surface area contributed by atoms with Crippen LogP contribution in [0, 0.1) is 6.92 Å². The molecule has 0 amide bonds. The molecule has 1 atom stereocenters. The Morgan fingerprint density at radius 3 is 2.59 bits per heavy atom. The minimum absolute atomic E-state index is 0.409. The third-order valence-corrected chi connectivity index (χ3v) is 3.59. The molecule has 0 aliphatic rings. The van der Waals surface area contributed by atoms with Crippen LogP contribution in [0.2, 0.25) is 0 Å². The van der Waals surface area contributed by atoms with E-state index < -0.39 is 17.2 Å². The molecule has 0 aliphatic heterocycles. The van der Waals surface area contributed by atoms with Crippen molar-refractivity contribution < 1.29 is 19.4 Å². The Morgan fingerprint density at radius 1 is 1.41 bits per heavy atom. The maximum atomic E-state index is 11.5. The average molecular weight is 254 g/mol. The molecule has 1 aromatic carbocycles. The fraction of sp³-hybridized carbons (Fsp3) is 0.333. The number of carbonyl (C=O) groups excluding carboxylic acids is 1. The molecule has 92 valence electrons. The average Bonchev–Trinajstić information content (AvgIpc) is 2.30. The molecule has 1 aromatic rings. The van der Waals surface area contributed by atoms with E-state index in [1.807, 2.05) is 0 Å². The quantitative estimate of drug-likeness (QED) is 0.660. The van der Waals surface area contributed by atoms with Crippen molar-refractivity contribution in [2.75, 3.05) is 7.11 Å². The van der Waals surface area contributed by atoms with Gasteiger partial charge in [0, 0.05) is 4.90 Å². The predicted octanol–water partition coefficient (Wildman–Crippen LogP) is 2.35. The predicted molar refractivity (Wildman–Crippen MR) is 65.5 cm³/mol. The van der Waals surface area contributed by atoms with Crippen LogP contribution in [0.4, 0.5) is 0 Å². The summed E-state index contributed by atoms with van der Waals surface area (Å²) >= 11 is 1.21. The number of rotatable bonds is 4. The summed E-state index contributed by atoms with van der Waals surface area (Å²) in [6.07, 6.45) is 0. The second kappa shape index (κ2) is 5.72. The van der Waals surface area contributed by atoms with Gasteiger partial charge in [0.2, 0.25) is 0 Å². The molecule has 0 aromatic heterocycles. The third-order valence-electron chi connectivity index (χ3n) is 2.34. The second-order valence-corrected chi connectivity index (χ2v) is 4.90. The monoisotopic (exact) mass is 254 g/mol. The van der Waals surface area contributed by atoms with Crippen molar-refractivity contribution in [3.63, 3.8) is 0 Å². The van der Waals surface area contributed by atoms with Gasteiger partial charge in [0.25, 0.3) is 0 Å². The standard InChI is InChI=1S/C12H14O4S/c1-7-9(12(15)16-3)5-4-6-10(7)17-8(2)11(13)14/h4-6,8H,1-3H3,(H,13,14). The summed E-state index contributed by atoms with van der Waals surface area (Å²) in [5.74, 6) is -1.29.